The van der Waals surface area contributed by atoms with E-state index in [1.54, 1.807) is 24.6 Å². The molecule has 0 aliphatic rings. The summed E-state index contributed by atoms with van der Waals surface area (Å²) in [7, 11) is 10.4. The molecule has 0 aliphatic carbocycles. The molecule has 0 spiro atoms. The van der Waals surface area contributed by atoms with Crippen molar-refractivity contribution >= 4 is 41.2 Å². The van der Waals surface area contributed by atoms with Gasteiger partial charge in [-0.3, -0.25) is 0 Å². The Bertz CT molecular complexity index is 192. The fraction of sp³-hybridized carbons (Fsp3) is 1.00. The Labute approximate surface area is 170 Å². The average Bonchev–Trinajstić information content (AvgIpc) is 2.44. The molecule has 0 aromatic carbocycles. The Morgan fingerprint density at radius 2 is 0.783 bits per heavy atom. The zero-order valence-corrected chi connectivity index (χ0v) is 23.4. The zero-order valence-electron chi connectivity index (χ0n) is 16.6. The van der Waals surface area contributed by atoms with Crippen molar-refractivity contribution < 1.29 is 17.0 Å². The Balaban J connectivity index is -0.000000578. The van der Waals surface area contributed by atoms with Gasteiger partial charge in [-0.05, 0) is 25.7 Å². The molecular weight excluding hydrogens is 517 g/mol. The maximum absolute atomic E-state index is 5.51. The zero-order chi connectivity index (χ0) is 17.5. The van der Waals surface area contributed by atoms with Gasteiger partial charge in [-0.25, -0.2) is 0 Å². The van der Waals surface area contributed by atoms with Crippen molar-refractivity contribution in [1.29, 1.82) is 0 Å². The fourth-order valence-electron chi connectivity index (χ4n) is 2.64. The summed E-state index contributed by atoms with van der Waals surface area (Å²) in [4.78, 5) is 3.86. The molecule has 0 radical (unpaired) electrons. The third kappa shape index (κ3) is 24.3. The average molecular weight is 559 g/mol. The van der Waals surface area contributed by atoms with Gasteiger partial charge in [0, 0.05) is 7.26 Å². The van der Waals surface area contributed by atoms with Gasteiger partial charge in [0.1, 0.15) is 0 Å². The van der Waals surface area contributed by atoms with Gasteiger partial charge < -0.3 is 17.0 Å². The van der Waals surface area contributed by atoms with Gasteiger partial charge in [0.05, 0.1) is 24.6 Å². The van der Waals surface area contributed by atoms with Gasteiger partial charge >= 0.3 is 43.8 Å². The SMILES string of the molecule is CCCC[P+](CCCC)(CCCC)CCCC.[Br-].[CH3][Sn]([CH3])([Cl])[Cl]. The van der Waals surface area contributed by atoms with Crippen LogP contribution in [0.15, 0.2) is 0 Å². The molecule has 5 heteroatoms. The Morgan fingerprint density at radius 3 is 0.913 bits per heavy atom. The topological polar surface area (TPSA) is 0 Å². The monoisotopic (exact) mass is 558 g/mol. The Kier molecular flexibility index (Phi) is 24.9. The molecule has 0 aliphatic heterocycles. The van der Waals surface area contributed by atoms with Crippen molar-refractivity contribution in [1.82, 2.24) is 0 Å². The molecule has 0 saturated carbocycles. The molecule has 0 rings (SSSR count). The van der Waals surface area contributed by atoms with E-state index in [-0.39, 0.29) is 17.0 Å². The molecule has 0 bridgehead atoms. The summed E-state index contributed by atoms with van der Waals surface area (Å²) < 4.78 is 0. The van der Waals surface area contributed by atoms with Crippen molar-refractivity contribution in [3.63, 3.8) is 0 Å². The van der Waals surface area contributed by atoms with Crippen molar-refractivity contribution in [2.75, 3.05) is 24.6 Å². The Morgan fingerprint density at radius 1 is 0.609 bits per heavy atom. The van der Waals surface area contributed by atoms with Crippen LogP contribution >= 0.6 is 25.1 Å². The van der Waals surface area contributed by atoms with Crippen LogP contribution in [0.25, 0.3) is 0 Å². The maximum atomic E-state index is 5.51. The molecule has 0 heterocycles. The number of hydrogen-bond acceptors (Lipinski definition) is 0. The molecule has 0 fully saturated rings. The van der Waals surface area contributed by atoms with E-state index >= 15 is 0 Å². The van der Waals surface area contributed by atoms with E-state index in [2.05, 4.69) is 27.7 Å². The van der Waals surface area contributed by atoms with Crippen LogP contribution in [0.3, 0.4) is 0 Å². The van der Waals surface area contributed by atoms with Crippen LogP contribution in [0.5, 0.6) is 0 Å². The second kappa shape index (κ2) is 19.1. The summed E-state index contributed by atoms with van der Waals surface area (Å²) in [6.07, 6.45) is 17.9. The molecule has 0 unspecified atom stereocenters. The van der Waals surface area contributed by atoms with E-state index in [1.165, 1.54) is 51.4 Å². The molecule has 0 saturated heterocycles. The van der Waals surface area contributed by atoms with Crippen molar-refractivity contribution in [3.8, 4) is 0 Å². The van der Waals surface area contributed by atoms with Gasteiger partial charge in [-0.1, -0.05) is 53.4 Å². The fourth-order valence-corrected chi connectivity index (χ4v) is 7.93. The van der Waals surface area contributed by atoms with Crippen LogP contribution in [0.1, 0.15) is 79.1 Å². The van der Waals surface area contributed by atoms with E-state index in [0.29, 0.717) is 0 Å². The Hall–Kier alpha value is 2.29. The van der Waals surface area contributed by atoms with Crippen LogP contribution in [0.2, 0.25) is 9.88 Å². The van der Waals surface area contributed by atoms with Gasteiger partial charge in [0.15, 0.2) is 0 Å². The van der Waals surface area contributed by atoms with Gasteiger partial charge in [0.2, 0.25) is 0 Å². The van der Waals surface area contributed by atoms with Crippen LogP contribution in [0, 0.1) is 0 Å². The van der Waals surface area contributed by atoms with Gasteiger partial charge in [0.25, 0.3) is 0 Å². The second-order valence-electron chi connectivity index (χ2n) is 6.98. The predicted octanol–water partition coefficient (Wildman–Crippen LogP) is 5.37. The first-order valence-electron chi connectivity index (χ1n) is 9.47. The van der Waals surface area contributed by atoms with Crippen LogP contribution in [-0.2, 0) is 0 Å². The summed E-state index contributed by atoms with van der Waals surface area (Å²) in [5.74, 6) is 0. The first-order valence-corrected chi connectivity index (χ1v) is 24.9. The van der Waals surface area contributed by atoms with Crippen LogP contribution in [0.4, 0.5) is 0 Å². The van der Waals surface area contributed by atoms with Gasteiger partial charge in [-0.15, -0.1) is 0 Å². The van der Waals surface area contributed by atoms with E-state index in [9.17, 15) is 0 Å². The third-order valence-corrected chi connectivity index (χ3v) is 9.00. The van der Waals surface area contributed by atoms with Crippen molar-refractivity contribution in [2.45, 2.75) is 88.9 Å². The number of hydrogen-bond donors (Lipinski definition) is 0. The molecule has 0 aromatic heterocycles. The number of halogens is 3. The molecule has 0 aromatic rings. The normalized spacial score (nSPS) is 11.5. The van der Waals surface area contributed by atoms with E-state index in [4.69, 9.17) is 17.8 Å². The minimum atomic E-state index is -2.24. The predicted molar refractivity (Wildman–Crippen MR) is 115 cm³/mol. The second-order valence-corrected chi connectivity index (χ2v) is 33.0. The summed E-state index contributed by atoms with van der Waals surface area (Å²) in [5.41, 5.74) is 0. The molecule has 0 nitrogen and oxygen atoms in total. The molecule has 23 heavy (non-hydrogen) atoms. The molecule has 0 amide bonds. The standard InChI is InChI=1S/C16H36P.2CH3.BrH.2ClH.Sn/c1-5-9-13-17(14-10-6-2,15-11-7-3)16-12-8-4;;;;;;/h5-16H2,1-4H3;2*1H3;3*1H;/q+1;;;;;;+2/p-3. The number of rotatable bonds is 12. The molecule has 144 valence electrons. The first kappa shape index (κ1) is 30.0. The molecule has 0 atom stereocenters. The van der Waals surface area contributed by atoms with Gasteiger partial charge in [-0.2, -0.15) is 0 Å². The van der Waals surface area contributed by atoms with Crippen molar-refractivity contribution in [3.05, 3.63) is 0 Å². The number of unbranched alkanes of at least 4 members (excludes halogenated alkanes) is 4. The van der Waals surface area contributed by atoms with E-state index < -0.39 is 23.4 Å². The van der Waals surface area contributed by atoms with Crippen LogP contribution < -0.4 is 17.0 Å². The minimum absolute atomic E-state index is 0. The first-order chi connectivity index (χ1) is 10.2. The summed E-state index contributed by atoms with van der Waals surface area (Å²) >= 11 is -2.24. The molecule has 0 N–H and O–H groups in total. The summed E-state index contributed by atoms with van der Waals surface area (Å²) in [6, 6.07) is 0. The summed E-state index contributed by atoms with van der Waals surface area (Å²) in [5, 5.41) is 0. The third-order valence-electron chi connectivity index (χ3n) is 3.94. The summed E-state index contributed by atoms with van der Waals surface area (Å²) in [6.45, 7) is 9.42. The van der Waals surface area contributed by atoms with Crippen molar-refractivity contribution in [2.24, 2.45) is 0 Å². The quantitative estimate of drug-likeness (QED) is 0.223. The van der Waals surface area contributed by atoms with E-state index in [0.717, 1.165) is 0 Å². The molecular formula is C18H42BrCl2PSn. The van der Waals surface area contributed by atoms with E-state index in [1.807, 2.05) is 9.88 Å². The van der Waals surface area contributed by atoms with Crippen LogP contribution in [-0.4, -0.2) is 40.8 Å².